The first-order chi connectivity index (χ1) is 20.9. The van der Waals surface area contributed by atoms with Crippen molar-refractivity contribution in [2.24, 2.45) is 5.92 Å². The molecule has 4 aliphatic rings. The summed E-state index contributed by atoms with van der Waals surface area (Å²) in [5.74, 6) is 0.965. The number of carbonyl (C=O) groups is 1. The third-order valence-corrected chi connectivity index (χ3v) is 10.2. The molecule has 230 valence electrons. The first-order valence-corrected chi connectivity index (χ1v) is 16.0. The molecule has 1 saturated carbocycles. The molecule has 3 atom stereocenters. The second-order valence-electron chi connectivity index (χ2n) is 12.8. The summed E-state index contributed by atoms with van der Waals surface area (Å²) in [6.45, 7) is 8.25. The van der Waals surface area contributed by atoms with E-state index in [0.29, 0.717) is 24.4 Å². The molecule has 2 aromatic carbocycles. The van der Waals surface area contributed by atoms with Gasteiger partial charge in [0.05, 0.1) is 10.5 Å². The highest BCUT2D eigenvalue weighted by Gasteiger charge is 2.55. The molecule has 9 nitrogen and oxygen atoms in total. The SMILES string of the molecule is C=CCN(C(=O)OCc1ccc([N+](=O)[O-])cc1)C1CCN(C[C@H]2C3CC4(CCCCC4)ON3C[C@@H]2c2ccccc2)CC1. The summed E-state index contributed by atoms with van der Waals surface area (Å²) in [6.07, 6.45) is 10.6. The highest BCUT2D eigenvalue weighted by molar-refractivity contribution is 5.68. The summed E-state index contributed by atoms with van der Waals surface area (Å²) in [4.78, 5) is 34.8. The van der Waals surface area contributed by atoms with Crippen LogP contribution < -0.4 is 0 Å². The summed E-state index contributed by atoms with van der Waals surface area (Å²) in [6, 6.07) is 17.6. The van der Waals surface area contributed by atoms with Crippen molar-refractivity contribution in [2.75, 3.05) is 32.7 Å². The summed E-state index contributed by atoms with van der Waals surface area (Å²) in [5, 5.41) is 13.3. The van der Waals surface area contributed by atoms with Crippen molar-refractivity contribution in [3.05, 3.63) is 88.5 Å². The van der Waals surface area contributed by atoms with E-state index in [0.717, 1.165) is 51.0 Å². The quantitative estimate of drug-likeness (QED) is 0.193. The van der Waals surface area contributed by atoms with Crippen LogP contribution in [0, 0.1) is 16.0 Å². The Kier molecular flexibility index (Phi) is 9.12. The van der Waals surface area contributed by atoms with Gasteiger partial charge in [0.2, 0.25) is 0 Å². The molecule has 1 amide bonds. The van der Waals surface area contributed by atoms with Crippen molar-refractivity contribution in [1.29, 1.82) is 0 Å². The van der Waals surface area contributed by atoms with Gasteiger partial charge in [-0.15, -0.1) is 6.58 Å². The zero-order valence-electron chi connectivity index (χ0n) is 25.0. The van der Waals surface area contributed by atoms with Crippen LogP contribution in [0.4, 0.5) is 10.5 Å². The Morgan fingerprint density at radius 3 is 2.49 bits per heavy atom. The predicted octanol–water partition coefficient (Wildman–Crippen LogP) is 6.31. The lowest BCUT2D eigenvalue weighted by Gasteiger charge is -2.40. The number of nitro groups is 1. The number of piperidine rings is 1. The number of fused-ring (bicyclic) bond motifs is 1. The first kappa shape index (κ1) is 29.8. The number of rotatable bonds is 9. The Balaban J connectivity index is 1.07. The fourth-order valence-corrected chi connectivity index (χ4v) is 7.93. The molecule has 2 aromatic rings. The molecule has 3 heterocycles. The highest BCUT2D eigenvalue weighted by atomic mass is 16.7. The molecule has 43 heavy (non-hydrogen) atoms. The molecule has 3 saturated heterocycles. The van der Waals surface area contributed by atoms with Gasteiger partial charge >= 0.3 is 6.09 Å². The van der Waals surface area contributed by atoms with Gasteiger partial charge in [-0.2, -0.15) is 5.06 Å². The number of hydrogen-bond acceptors (Lipinski definition) is 7. The largest absolute Gasteiger partial charge is 0.445 e. The van der Waals surface area contributed by atoms with Crippen molar-refractivity contribution in [3.8, 4) is 0 Å². The van der Waals surface area contributed by atoms with E-state index in [1.165, 1.54) is 49.8 Å². The summed E-state index contributed by atoms with van der Waals surface area (Å²) in [7, 11) is 0. The maximum Gasteiger partial charge on any atom is 0.410 e. The smallest absolute Gasteiger partial charge is 0.410 e. The zero-order chi connectivity index (χ0) is 29.8. The zero-order valence-corrected chi connectivity index (χ0v) is 25.0. The fraction of sp³-hybridized carbons (Fsp3) is 0.559. The number of nitrogens with zero attached hydrogens (tertiary/aromatic N) is 4. The van der Waals surface area contributed by atoms with E-state index in [4.69, 9.17) is 9.57 Å². The number of ether oxygens (including phenoxy) is 1. The lowest BCUT2D eigenvalue weighted by Crippen LogP contribution is -2.49. The van der Waals surface area contributed by atoms with Crippen LogP contribution in [0.3, 0.4) is 0 Å². The Labute approximate surface area is 254 Å². The van der Waals surface area contributed by atoms with E-state index in [1.54, 1.807) is 23.1 Å². The summed E-state index contributed by atoms with van der Waals surface area (Å²) < 4.78 is 5.63. The summed E-state index contributed by atoms with van der Waals surface area (Å²) in [5.41, 5.74) is 2.20. The van der Waals surface area contributed by atoms with Crippen LogP contribution in [-0.4, -0.2) is 76.3 Å². The molecule has 6 rings (SSSR count). The van der Waals surface area contributed by atoms with Crippen LogP contribution in [0.15, 0.2) is 67.3 Å². The van der Waals surface area contributed by atoms with Gasteiger partial charge in [0, 0.05) is 62.9 Å². The number of nitro benzene ring substituents is 1. The van der Waals surface area contributed by atoms with Gasteiger partial charge < -0.3 is 14.5 Å². The number of likely N-dealkylation sites (tertiary alicyclic amines) is 1. The second kappa shape index (κ2) is 13.2. The number of hydroxylamine groups is 2. The molecule has 0 aromatic heterocycles. The third kappa shape index (κ3) is 6.64. The Hall–Kier alpha value is -3.27. The van der Waals surface area contributed by atoms with E-state index in [9.17, 15) is 14.9 Å². The first-order valence-electron chi connectivity index (χ1n) is 16.0. The van der Waals surface area contributed by atoms with Crippen LogP contribution in [0.5, 0.6) is 0 Å². The van der Waals surface area contributed by atoms with E-state index in [1.807, 2.05) is 0 Å². The van der Waals surface area contributed by atoms with Gasteiger partial charge in [0.25, 0.3) is 5.69 Å². The molecule has 4 fully saturated rings. The second-order valence-corrected chi connectivity index (χ2v) is 12.8. The molecule has 1 spiro atoms. The maximum absolute atomic E-state index is 13.1. The Morgan fingerprint density at radius 1 is 1.09 bits per heavy atom. The van der Waals surface area contributed by atoms with E-state index < -0.39 is 4.92 Å². The topological polar surface area (TPSA) is 88.4 Å². The van der Waals surface area contributed by atoms with Gasteiger partial charge in [-0.3, -0.25) is 15.0 Å². The van der Waals surface area contributed by atoms with Gasteiger partial charge in [0.1, 0.15) is 6.61 Å². The van der Waals surface area contributed by atoms with Crippen molar-refractivity contribution >= 4 is 11.8 Å². The number of amides is 1. The van der Waals surface area contributed by atoms with E-state index >= 15 is 0 Å². The molecule has 1 aliphatic carbocycles. The molecule has 0 bridgehead atoms. The lowest BCUT2D eigenvalue weighted by molar-refractivity contribution is -0.384. The minimum absolute atomic E-state index is 0.0180. The minimum Gasteiger partial charge on any atom is -0.445 e. The monoisotopic (exact) mass is 588 g/mol. The van der Waals surface area contributed by atoms with E-state index in [-0.39, 0.29) is 30.0 Å². The molecular formula is C34H44N4O5. The number of non-ortho nitro benzene ring substituents is 1. The van der Waals surface area contributed by atoms with Crippen LogP contribution >= 0.6 is 0 Å². The molecule has 0 N–H and O–H groups in total. The van der Waals surface area contributed by atoms with Gasteiger partial charge in [-0.05, 0) is 61.3 Å². The molecular weight excluding hydrogens is 544 g/mol. The predicted molar refractivity (Wildman–Crippen MR) is 164 cm³/mol. The Morgan fingerprint density at radius 2 is 1.81 bits per heavy atom. The maximum atomic E-state index is 13.1. The van der Waals surface area contributed by atoms with Gasteiger partial charge in [-0.25, -0.2) is 4.79 Å². The summed E-state index contributed by atoms with van der Waals surface area (Å²) >= 11 is 0. The van der Waals surface area contributed by atoms with Crippen molar-refractivity contribution in [1.82, 2.24) is 14.9 Å². The van der Waals surface area contributed by atoms with Crippen LogP contribution in [0.1, 0.15) is 68.4 Å². The molecule has 3 aliphatic heterocycles. The fourth-order valence-electron chi connectivity index (χ4n) is 7.93. The third-order valence-electron chi connectivity index (χ3n) is 10.2. The highest BCUT2D eigenvalue weighted by Crippen LogP contribution is 2.51. The number of hydrogen-bond donors (Lipinski definition) is 0. The standard InChI is InChI=1S/C34H44N4O5/c1-2-19-36(33(39)42-25-26-11-13-29(14-12-26)38(40)41)28-15-20-35(21-16-28)23-31-30(27-9-5-3-6-10-27)24-37-32(31)22-34(43-37)17-7-4-8-18-34/h2-3,5-6,9-14,28,30-32H,1,4,7-8,15-25H2/t30-,31-,32?/m1/s1. The lowest BCUT2D eigenvalue weighted by atomic mass is 9.76. The van der Waals surface area contributed by atoms with Gasteiger partial charge in [-0.1, -0.05) is 55.7 Å². The van der Waals surface area contributed by atoms with Crippen molar-refractivity contribution in [3.63, 3.8) is 0 Å². The molecule has 1 unspecified atom stereocenters. The minimum atomic E-state index is -0.437. The van der Waals surface area contributed by atoms with Crippen molar-refractivity contribution < 1.29 is 19.3 Å². The van der Waals surface area contributed by atoms with E-state index in [2.05, 4.69) is 46.9 Å². The average molecular weight is 589 g/mol. The van der Waals surface area contributed by atoms with Crippen LogP contribution in [-0.2, 0) is 16.2 Å². The van der Waals surface area contributed by atoms with Gasteiger partial charge in [0.15, 0.2) is 0 Å². The number of carbonyl (C=O) groups excluding carboxylic acids is 1. The number of benzene rings is 2. The average Bonchev–Trinajstić information content (AvgIpc) is 3.54. The van der Waals surface area contributed by atoms with Crippen LogP contribution in [0.25, 0.3) is 0 Å². The molecule has 0 radical (unpaired) electrons. The van der Waals surface area contributed by atoms with Crippen LogP contribution in [0.2, 0.25) is 0 Å². The normalized spacial score (nSPS) is 25.8. The molecule has 9 heteroatoms. The Bertz CT molecular complexity index is 1260. The van der Waals surface area contributed by atoms with Crippen molar-refractivity contribution in [2.45, 2.75) is 81.6 Å².